The predicted molar refractivity (Wildman–Crippen MR) is 208 cm³/mol. The minimum absolute atomic E-state index is 0.0961. The van der Waals surface area contributed by atoms with Gasteiger partial charge in [-0.2, -0.15) is 15.8 Å². The molecule has 1 aliphatic heterocycles. The van der Waals surface area contributed by atoms with Gasteiger partial charge in [-0.25, -0.2) is 0 Å². The third-order valence-corrected chi connectivity index (χ3v) is 11.6. The standard InChI is InChI=1S/C47H35N5/c1-30-40(29-50)35(19-21-42(30)51-43-15-6-4-12-37(43)39-25-31(27-48)18-20-44(39)51)33-23-32(28-49)24-34(26-33)36-11-3-7-16-45(36)52-46-17-8-5-13-38(46)41-14-9-10-22-47(41,52)2/h3,5-11,13-26,30,41-42H,4,12H2,1-2H3. The summed E-state index contributed by atoms with van der Waals surface area (Å²) in [6, 6.07) is 36.2. The zero-order valence-electron chi connectivity index (χ0n) is 29.1. The molecule has 0 saturated heterocycles. The molecule has 9 rings (SSSR count). The monoisotopic (exact) mass is 669 g/mol. The molecule has 5 heteroatoms. The van der Waals surface area contributed by atoms with Gasteiger partial charge in [0.25, 0.3) is 0 Å². The van der Waals surface area contributed by atoms with Gasteiger partial charge in [-0.1, -0.05) is 85.9 Å². The molecule has 52 heavy (non-hydrogen) atoms. The molecule has 4 atom stereocenters. The van der Waals surface area contributed by atoms with Crippen LogP contribution in [-0.2, 0) is 6.42 Å². The van der Waals surface area contributed by atoms with Crippen molar-refractivity contribution in [3.8, 4) is 29.3 Å². The number of hydrogen-bond acceptors (Lipinski definition) is 4. The third kappa shape index (κ3) is 4.59. The van der Waals surface area contributed by atoms with Gasteiger partial charge in [0.05, 0.1) is 40.9 Å². The molecule has 248 valence electrons. The first-order chi connectivity index (χ1) is 25.4. The van der Waals surface area contributed by atoms with Crippen molar-refractivity contribution in [2.24, 2.45) is 5.92 Å². The lowest BCUT2D eigenvalue weighted by molar-refractivity contribution is 0.484. The Hall–Kier alpha value is -6.61. The van der Waals surface area contributed by atoms with Crippen LogP contribution in [0.4, 0.5) is 11.4 Å². The molecule has 0 spiro atoms. The number of benzene rings is 4. The molecule has 0 N–H and O–H groups in total. The van der Waals surface area contributed by atoms with Gasteiger partial charge in [-0.3, -0.25) is 0 Å². The van der Waals surface area contributed by atoms with E-state index in [2.05, 4.69) is 145 Å². The fourth-order valence-electron chi connectivity index (χ4n) is 9.12. The summed E-state index contributed by atoms with van der Waals surface area (Å²) >= 11 is 0. The second-order valence-electron chi connectivity index (χ2n) is 14.4. The molecule has 4 unspecified atom stereocenters. The van der Waals surface area contributed by atoms with E-state index in [-0.39, 0.29) is 23.4 Å². The number of allylic oxidation sites excluding steroid dienone is 7. The second kappa shape index (κ2) is 12.0. The maximum atomic E-state index is 10.8. The summed E-state index contributed by atoms with van der Waals surface area (Å²) in [5.41, 5.74) is 12.3. The maximum absolute atomic E-state index is 10.8. The van der Waals surface area contributed by atoms with E-state index in [0.29, 0.717) is 16.7 Å². The van der Waals surface area contributed by atoms with E-state index in [1.807, 2.05) is 30.3 Å². The van der Waals surface area contributed by atoms with Crippen molar-refractivity contribution in [1.29, 1.82) is 15.8 Å². The summed E-state index contributed by atoms with van der Waals surface area (Å²) < 4.78 is 2.35. The fourth-order valence-corrected chi connectivity index (χ4v) is 9.12. The second-order valence-corrected chi connectivity index (χ2v) is 14.4. The SMILES string of the molecule is CC1C(C#N)=C(c2cc(C#N)cc(-c3ccccc3N3c4ccccc4C4C=CC=CC43C)c2)C=CC1n1c2c(c3cc(C#N)ccc31)CCC=C2. The highest BCUT2D eigenvalue weighted by molar-refractivity contribution is 5.92. The summed E-state index contributed by atoms with van der Waals surface area (Å²) in [4.78, 5) is 2.45. The molecule has 2 heterocycles. The Bertz CT molecular complexity index is 2620. The van der Waals surface area contributed by atoms with Crippen LogP contribution in [0.15, 0.2) is 133 Å². The van der Waals surface area contributed by atoms with Crippen molar-refractivity contribution >= 4 is 33.9 Å². The van der Waals surface area contributed by atoms with E-state index in [1.54, 1.807) is 0 Å². The smallest absolute Gasteiger partial charge is 0.0992 e. The maximum Gasteiger partial charge on any atom is 0.0992 e. The van der Waals surface area contributed by atoms with Crippen molar-refractivity contribution < 1.29 is 0 Å². The van der Waals surface area contributed by atoms with Crippen LogP contribution < -0.4 is 4.90 Å². The number of hydrogen-bond donors (Lipinski definition) is 0. The van der Waals surface area contributed by atoms with Crippen LogP contribution in [0.3, 0.4) is 0 Å². The Morgan fingerprint density at radius 1 is 0.769 bits per heavy atom. The van der Waals surface area contributed by atoms with Gasteiger partial charge < -0.3 is 9.47 Å². The van der Waals surface area contributed by atoms with E-state index in [0.717, 1.165) is 57.4 Å². The highest BCUT2D eigenvalue weighted by Crippen LogP contribution is 2.55. The molecule has 5 aromatic rings. The van der Waals surface area contributed by atoms with E-state index in [1.165, 1.54) is 16.8 Å². The summed E-state index contributed by atoms with van der Waals surface area (Å²) in [5.74, 6) is 0.0705. The quantitative estimate of drug-likeness (QED) is 0.191. The number of nitrogens with zero attached hydrogens (tertiary/aromatic N) is 5. The Labute approximate surface area is 304 Å². The van der Waals surface area contributed by atoms with Crippen molar-refractivity contribution in [3.05, 3.63) is 167 Å². The molecule has 0 saturated carbocycles. The zero-order valence-corrected chi connectivity index (χ0v) is 29.1. The van der Waals surface area contributed by atoms with Crippen molar-refractivity contribution in [1.82, 2.24) is 4.57 Å². The Morgan fingerprint density at radius 2 is 1.56 bits per heavy atom. The molecule has 1 aromatic heterocycles. The number of nitriles is 3. The van der Waals surface area contributed by atoms with E-state index < -0.39 is 0 Å². The largest absolute Gasteiger partial charge is 0.333 e. The van der Waals surface area contributed by atoms with Crippen LogP contribution in [0.1, 0.15) is 65.7 Å². The lowest BCUT2D eigenvalue weighted by Crippen LogP contribution is -2.42. The van der Waals surface area contributed by atoms with Crippen LogP contribution in [0.2, 0.25) is 0 Å². The Kier molecular flexibility index (Phi) is 7.25. The number of anilines is 2. The average molecular weight is 670 g/mol. The molecule has 0 radical (unpaired) electrons. The first-order valence-electron chi connectivity index (χ1n) is 17.9. The van der Waals surface area contributed by atoms with Gasteiger partial charge >= 0.3 is 0 Å². The summed E-state index contributed by atoms with van der Waals surface area (Å²) in [6.45, 7) is 4.42. The topological polar surface area (TPSA) is 79.5 Å². The van der Waals surface area contributed by atoms with Crippen LogP contribution in [0.5, 0.6) is 0 Å². The number of aryl methyl sites for hydroxylation is 1. The minimum Gasteiger partial charge on any atom is -0.333 e. The molecule has 4 aromatic carbocycles. The van der Waals surface area contributed by atoms with Gasteiger partial charge in [-0.05, 0) is 102 Å². The number of fused-ring (bicyclic) bond motifs is 6. The van der Waals surface area contributed by atoms with E-state index >= 15 is 0 Å². The lowest BCUT2D eigenvalue weighted by Gasteiger charge is -2.40. The third-order valence-electron chi connectivity index (χ3n) is 11.6. The van der Waals surface area contributed by atoms with E-state index in [9.17, 15) is 15.8 Å². The zero-order chi connectivity index (χ0) is 35.6. The Balaban J connectivity index is 1.16. The van der Waals surface area contributed by atoms with Gasteiger partial charge in [0, 0.05) is 50.9 Å². The minimum atomic E-state index is -0.301. The highest BCUT2D eigenvalue weighted by Gasteiger charge is 2.47. The predicted octanol–water partition coefficient (Wildman–Crippen LogP) is 10.9. The molecule has 0 bridgehead atoms. The molecular weight excluding hydrogens is 635 g/mol. The first kappa shape index (κ1) is 31.4. The molecule has 3 aliphatic carbocycles. The fraction of sp³-hybridized carbons (Fsp3) is 0.170. The van der Waals surface area contributed by atoms with Gasteiger partial charge in [-0.15, -0.1) is 0 Å². The molecule has 0 fully saturated rings. The normalized spacial score (nSPS) is 22.4. The van der Waals surface area contributed by atoms with Crippen LogP contribution in [-0.4, -0.2) is 10.1 Å². The number of para-hydroxylation sites is 2. The number of rotatable bonds is 4. The van der Waals surface area contributed by atoms with Gasteiger partial charge in [0.15, 0.2) is 0 Å². The molecule has 4 aliphatic rings. The van der Waals surface area contributed by atoms with Gasteiger partial charge in [0.1, 0.15) is 0 Å². The Morgan fingerprint density at radius 3 is 2.38 bits per heavy atom. The molecular formula is C47H35N5. The summed E-state index contributed by atoms with van der Waals surface area (Å²) in [7, 11) is 0. The first-order valence-corrected chi connectivity index (χ1v) is 17.9. The number of aromatic nitrogens is 1. The lowest BCUT2D eigenvalue weighted by atomic mass is 9.80. The van der Waals surface area contributed by atoms with E-state index in [4.69, 9.17) is 0 Å². The molecule has 0 amide bonds. The average Bonchev–Trinajstić information content (AvgIpc) is 3.66. The van der Waals surface area contributed by atoms with Crippen LogP contribution in [0.25, 0.3) is 33.7 Å². The van der Waals surface area contributed by atoms with Crippen molar-refractivity contribution in [2.45, 2.75) is 44.2 Å². The van der Waals surface area contributed by atoms with Crippen LogP contribution in [0, 0.1) is 39.9 Å². The van der Waals surface area contributed by atoms with Crippen molar-refractivity contribution in [3.63, 3.8) is 0 Å². The van der Waals surface area contributed by atoms with Crippen LogP contribution >= 0.6 is 0 Å². The van der Waals surface area contributed by atoms with Gasteiger partial charge in [0.2, 0.25) is 0 Å². The molecule has 5 nitrogen and oxygen atoms in total. The van der Waals surface area contributed by atoms with Crippen molar-refractivity contribution in [2.75, 3.05) is 4.90 Å². The highest BCUT2D eigenvalue weighted by atomic mass is 15.2. The summed E-state index contributed by atoms with van der Waals surface area (Å²) in [5, 5.41) is 31.9. The summed E-state index contributed by atoms with van der Waals surface area (Å²) in [6.07, 6.45) is 19.4.